The Morgan fingerprint density at radius 3 is 2.32 bits per heavy atom. The summed E-state index contributed by atoms with van der Waals surface area (Å²) in [5.41, 5.74) is 3.92. The number of hydrogen-bond donors (Lipinski definition) is 1. The number of nitrogens with one attached hydrogen (secondary N) is 1. The third-order valence-electron chi connectivity index (χ3n) is 6.16. The first-order chi connectivity index (χ1) is 17.8. The second-order valence-corrected chi connectivity index (χ2v) is 10.7. The van der Waals surface area contributed by atoms with Gasteiger partial charge >= 0.3 is 0 Å². The average Bonchev–Trinajstić information content (AvgIpc) is 3.25. The molecule has 8 heteroatoms. The molecule has 4 aromatic carbocycles. The fourth-order valence-corrected chi connectivity index (χ4v) is 5.69. The monoisotopic (exact) mass is 514 g/mol. The molecular weight excluding hydrogens is 488 g/mol. The first kappa shape index (κ1) is 24.4. The van der Waals surface area contributed by atoms with Crippen LogP contribution in [0.2, 0.25) is 0 Å². The van der Waals surface area contributed by atoms with Gasteiger partial charge < -0.3 is 14.5 Å². The number of methoxy groups -OCH3 is 1. The molecule has 188 valence electrons. The van der Waals surface area contributed by atoms with Crippen LogP contribution in [0.5, 0.6) is 5.75 Å². The molecule has 5 rings (SSSR count). The Morgan fingerprint density at radius 2 is 1.57 bits per heavy atom. The molecule has 1 N–H and O–H groups in total. The van der Waals surface area contributed by atoms with E-state index in [2.05, 4.69) is 5.32 Å². The number of nitrogens with zero attached hydrogens (tertiary/aromatic N) is 1. The standard InChI is InChI=1S/C29H26N2O5S/c1-19-8-12-22(13-9-19)37(33,34)31(25-16-20(2)10-15-27(25)35-3)18-29(32)30-21-11-14-24-23-6-4-5-7-26(23)36-28(24)17-21/h4-17H,18H2,1-3H3,(H,30,32). The van der Waals surface area contributed by atoms with Crippen molar-refractivity contribution in [2.75, 3.05) is 23.3 Å². The molecule has 1 amide bonds. The minimum absolute atomic E-state index is 0.0816. The molecule has 0 aliphatic carbocycles. The number of furan rings is 1. The third kappa shape index (κ3) is 4.75. The number of amides is 1. The van der Waals surface area contributed by atoms with E-state index >= 15 is 0 Å². The second kappa shape index (κ2) is 9.63. The summed E-state index contributed by atoms with van der Waals surface area (Å²) in [4.78, 5) is 13.3. The first-order valence-electron chi connectivity index (χ1n) is 11.7. The van der Waals surface area contributed by atoms with E-state index < -0.39 is 22.5 Å². The lowest BCUT2D eigenvalue weighted by Gasteiger charge is -2.26. The molecule has 0 radical (unpaired) electrons. The summed E-state index contributed by atoms with van der Waals surface area (Å²) in [5.74, 6) is -0.160. The number of carbonyl (C=O) groups is 1. The van der Waals surface area contributed by atoms with Gasteiger partial charge in [0, 0.05) is 22.5 Å². The Morgan fingerprint density at radius 1 is 0.865 bits per heavy atom. The van der Waals surface area contributed by atoms with Crippen molar-refractivity contribution < 1.29 is 22.4 Å². The van der Waals surface area contributed by atoms with Crippen LogP contribution < -0.4 is 14.4 Å². The van der Waals surface area contributed by atoms with E-state index in [9.17, 15) is 13.2 Å². The molecule has 0 aliphatic rings. The zero-order valence-corrected chi connectivity index (χ0v) is 21.5. The predicted octanol–water partition coefficient (Wildman–Crippen LogP) is 6.05. The van der Waals surface area contributed by atoms with Crippen molar-refractivity contribution in [2.45, 2.75) is 18.7 Å². The number of carbonyl (C=O) groups excluding carboxylic acids is 1. The number of fused-ring (bicyclic) bond motifs is 3. The van der Waals surface area contributed by atoms with Crippen LogP contribution >= 0.6 is 0 Å². The fourth-order valence-electron chi connectivity index (χ4n) is 4.27. The van der Waals surface area contributed by atoms with E-state index in [1.165, 1.54) is 19.2 Å². The number of rotatable bonds is 7. The van der Waals surface area contributed by atoms with Crippen LogP contribution in [0.15, 0.2) is 94.2 Å². The second-order valence-electron chi connectivity index (χ2n) is 8.86. The highest BCUT2D eigenvalue weighted by atomic mass is 32.2. The molecule has 1 heterocycles. The van der Waals surface area contributed by atoms with Gasteiger partial charge in [-0.3, -0.25) is 9.10 Å². The van der Waals surface area contributed by atoms with E-state index in [-0.39, 0.29) is 10.6 Å². The van der Waals surface area contributed by atoms with Crippen molar-refractivity contribution in [3.8, 4) is 5.75 Å². The summed E-state index contributed by atoms with van der Waals surface area (Å²) in [6, 6.07) is 24.8. The zero-order valence-electron chi connectivity index (χ0n) is 20.7. The van der Waals surface area contributed by atoms with Crippen molar-refractivity contribution in [1.82, 2.24) is 0 Å². The van der Waals surface area contributed by atoms with E-state index in [4.69, 9.17) is 9.15 Å². The molecule has 0 atom stereocenters. The molecule has 5 aromatic rings. The van der Waals surface area contributed by atoms with Crippen molar-refractivity contribution in [3.05, 3.63) is 96.1 Å². The van der Waals surface area contributed by atoms with Gasteiger partial charge in [0.05, 0.1) is 17.7 Å². The van der Waals surface area contributed by atoms with Gasteiger partial charge in [-0.05, 0) is 61.9 Å². The number of sulfonamides is 1. The Balaban J connectivity index is 1.49. The van der Waals surface area contributed by atoms with E-state index in [0.717, 1.165) is 31.8 Å². The number of hydrogen-bond acceptors (Lipinski definition) is 5. The van der Waals surface area contributed by atoms with Crippen molar-refractivity contribution in [3.63, 3.8) is 0 Å². The van der Waals surface area contributed by atoms with E-state index in [1.54, 1.807) is 36.4 Å². The van der Waals surface area contributed by atoms with Crippen molar-refractivity contribution in [1.29, 1.82) is 0 Å². The molecule has 1 aromatic heterocycles. The average molecular weight is 515 g/mol. The number of anilines is 2. The highest BCUT2D eigenvalue weighted by molar-refractivity contribution is 7.92. The molecule has 7 nitrogen and oxygen atoms in total. The lowest BCUT2D eigenvalue weighted by atomic mass is 10.1. The van der Waals surface area contributed by atoms with E-state index in [0.29, 0.717) is 17.0 Å². The summed E-state index contributed by atoms with van der Waals surface area (Å²) in [6.07, 6.45) is 0. The number of benzene rings is 4. The van der Waals surface area contributed by atoms with Crippen LogP contribution in [0.1, 0.15) is 11.1 Å². The molecule has 0 unspecified atom stereocenters. The van der Waals surface area contributed by atoms with E-state index in [1.807, 2.05) is 50.2 Å². The van der Waals surface area contributed by atoms with Crippen LogP contribution in [0.3, 0.4) is 0 Å². The molecule has 0 aliphatic heterocycles. The molecule has 37 heavy (non-hydrogen) atoms. The maximum absolute atomic E-state index is 13.8. The highest BCUT2D eigenvalue weighted by Crippen LogP contribution is 2.34. The summed E-state index contributed by atoms with van der Waals surface area (Å²) in [5, 5.41) is 4.73. The maximum atomic E-state index is 13.8. The number of para-hydroxylation sites is 1. The van der Waals surface area contributed by atoms with Crippen molar-refractivity contribution >= 4 is 49.2 Å². The topological polar surface area (TPSA) is 88.8 Å². The van der Waals surface area contributed by atoms with Crippen LogP contribution in [-0.4, -0.2) is 28.0 Å². The highest BCUT2D eigenvalue weighted by Gasteiger charge is 2.29. The summed E-state index contributed by atoms with van der Waals surface area (Å²) in [6.45, 7) is 3.28. The van der Waals surface area contributed by atoms with Crippen LogP contribution in [-0.2, 0) is 14.8 Å². The Bertz CT molecular complexity index is 1720. The molecule has 0 spiro atoms. The summed E-state index contributed by atoms with van der Waals surface area (Å²) in [7, 11) is -2.62. The van der Waals surface area contributed by atoms with Crippen LogP contribution in [0.25, 0.3) is 21.9 Å². The molecule has 0 saturated heterocycles. The molecule has 0 fully saturated rings. The minimum Gasteiger partial charge on any atom is -0.495 e. The van der Waals surface area contributed by atoms with Gasteiger partial charge in [-0.25, -0.2) is 8.42 Å². The Hall–Kier alpha value is -4.30. The Labute approximate surface area is 215 Å². The molecule has 0 bridgehead atoms. The smallest absolute Gasteiger partial charge is 0.264 e. The maximum Gasteiger partial charge on any atom is 0.264 e. The van der Waals surface area contributed by atoms with Gasteiger partial charge in [0.1, 0.15) is 23.5 Å². The SMILES string of the molecule is COc1ccc(C)cc1N(CC(=O)Nc1ccc2c(c1)oc1ccccc12)S(=O)(=O)c1ccc(C)cc1. The lowest BCUT2D eigenvalue weighted by molar-refractivity contribution is -0.114. The summed E-state index contributed by atoms with van der Waals surface area (Å²) >= 11 is 0. The summed E-state index contributed by atoms with van der Waals surface area (Å²) < 4.78 is 40.0. The lowest BCUT2D eigenvalue weighted by Crippen LogP contribution is -2.38. The van der Waals surface area contributed by atoms with Gasteiger partial charge in [0.25, 0.3) is 10.0 Å². The first-order valence-corrected chi connectivity index (χ1v) is 13.2. The van der Waals surface area contributed by atoms with Crippen LogP contribution in [0, 0.1) is 13.8 Å². The Kier molecular flexibility index (Phi) is 6.35. The normalized spacial score (nSPS) is 11.5. The third-order valence-corrected chi connectivity index (χ3v) is 7.94. The molecule has 0 saturated carbocycles. The number of aryl methyl sites for hydroxylation is 2. The van der Waals surface area contributed by atoms with Gasteiger partial charge in [-0.2, -0.15) is 0 Å². The molecular formula is C29H26N2O5S. The predicted molar refractivity (Wildman–Crippen MR) is 146 cm³/mol. The van der Waals surface area contributed by atoms with Gasteiger partial charge in [0.15, 0.2) is 0 Å². The van der Waals surface area contributed by atoms with Crippen molar-refractivity contribution in [2.24, 2.45) is 0 Å². The van der Waals surface area contributed by atoms with Crippen LogP contribution in [0.4, 0.5) is 11.4 Å². The van der Waals surface area contributed by atoms with Gasteiger partial charge in [0.2, 0.25) is 5.91 Å². The van der Waals surface area contributed by atoms with Gasteiger partial charge in [-0.1, -0.05) is 42.0 Å². The van der Waals surface area contributed by atoms with Gasteiger partial charge in [-0.15, -0.1) is 0 Å². The number of ether oxygens (including phenoxy) is 1. The zero-order chi connectivity index (χ0) is 26.2. The fraction of sp³-hybridized carbons (Fsp3) is 0.138. The minimum atomic E-state index is -4.09. The largest absolute Gasteiger partial charge is 0.495 e. The quantitative estimate of drug-likeness (QED) is 0.286.